The van der Waals surface area contributed by atoms with E-state index in [0.717, 1.165) is 24.4 Å². The maximum Gasteiger partial charge on any atom is 0.123 e. The quantitative estimate of drug-likeness (QED) is 0.747. The van der Waals surface area contributed by atoms with Crippen molar-refractivity contribution in [3.05, 3.63) is 59.9 Å². The Bertz CT molecular complexity index is 692. The molecule has 4 nitrogen and oxygen atoms in total. The van der Waals surface area contributed by atoms with Crippen molar-refractivity contribution in [3.63, 3.8) is 0 Å². The minimum absolute atomic E-state index is 0.760. The zero-order valence-corrected chi connectivity index (χ0v) is 11.4. The SMILES string of the molecule is COc1ccc2ccccc2c1CNCc1cn[nH]c1. The van der Waals surface area contributed by atoms with Gasteiger partial charge in [-0.05, 0) is 16.8 Å². The van der Waals surface area contributed by atoms with Gasteiger partial charge in [-0.3, -0.25) is 5.10 Å². The van der Waals surface area contributed by atoms with Gasteiger partial charge in [0.05, 0.1) is 13.3 Å². The standard InChI is InChI=1S/C16H17N3O/c1-20-16-7-6-13-4-2-3-5-14(13)15(16)11-17-8-12-9-18-19-10-12/h2-7,9-10,17H,8,11H2,1H3,(H,18,19). The van der Waals surface area contributed by atoms with E-state index in [9.17, 15) is 0 Å². The number of rotatable bonds is 5. The van der Waals surface area contributed by atoms with Crippen molar-refractivity contribution in [3.8, 4) is 5.75 Å². The summed E-state index contributed by atoms with van der Waals surface area (Å²) in [5.74, 6) is 0.920. The summed E-state index contributed by atoms with van der Waals surface area (Å²) < 4.78 is 5.48. The molecule has 102 valence electrons. The van der Waals surface area contributed by atoms with Gasteiger partial charge < -0.3 is 10.1 Å². The van der Waals surface area contributed by atoms with Gasteiger partial charge in [-0.15, -0.1) is 0 Å². The van der Waals surface area contributed by atoms with Crippen LogP contribution in [0.25, 0.3) is 10.8 Å². The smallest absolute Gasteiger partial charge is 0.123 e. The Labute approximate surface area is 117 Å². The Balaban J connectivity index is 1.85. The van der Waals surface area contributed by atoms with Crippen molar-refractivity contribution in [1.82, 2.24) is 15.5 Å². The zero-order chi connectivity index (χ0) is 13.8. The predicted octanol–water partition coefficient (Wildman–Crippen LogP) is 2.86. The maximum absolute atomic E-state index is 5.48. The van der Waals surface area contributed by atoms with Gasteiger partial charge in [-0.25, -0.2) is 0 Å². The first-order valence-corrected chi connectivity index (χ1v) is 6.61. The van der Waals surface area contributed by atoms with Crippen LogP contribution in [-0.2, 0) is 13.1 Å². The van der Waals surface area contributed by atoms with Crippen molar-refractivity contribution in [1.29, 1.82) is 0 Å². The third kappa shape index (κ3) is 2.51. The molecule has 0 aliphatic rings. The van der Waals surface area contributed by atoms with Crippen molar-refractivity contribution in [2.75, 3.05) is 7.11 Å². The summed E-state index contributed by atoms with van der Waals surface area (Å²) in [5, 5.41) is 12.6. The number of nitrogens with zero attached hydrogens (tertiary/aromatic N) is 1. The van der Waals surface area contributed by atoms with Crippen LogP contribution in [0.5, 0.6) is 5.75 Å². The molecule has 4 heteroatoms. The highest BCUT2D eigenvalue weighted by Gasteiger charge is 2.07. The number of ether oxygens (including phenoxy) is 1. The number of fused-ring (bicyclic) bond motifs is 1. The number of H-pyrrole nitrogens is 1. The number of nitrogens with one attached hydrogen (secondary N) is 2. The Morgan fingerprint density at radius 2 is 2.05 bits per heavy atom. The summed E-state index contributed by atoms with van der Waals surface area (Å²) in [5.41, 5.74) is 2.33. The number of benzene rings is 2. The van der Waals surface area contributed by atoms with Crippen LogP contribution in [0.15, 0.2) is 48.8 Å². The average molecular weight is 267 g/mol. The van der Waals surface area contributed by atoms with Gasteiger partial charge >= 0.3 is 0 Å². The lowest BCUT2D eigenvalue weighted by atomic mass is 10.0. The van der Waals surface area contributed by atoms with Crippen molar-refractivity contribution >= 4 is 10.8 Å². The second-order valence-electron chi connectivity index (χ2n) is 4.68. The molecule has 0 atom stereocenters. The van der Waals surface area contributed by atoms with E-state index in [1.807, 2.05) is 18.5 Å². The van der Waals surface area contributed by atoms with E-state index in [-0.39, 0.29) is 0 Å². The molecular formula is C16H17N3O. The van der Waals surface area contributed by atoms with E-state index in [4.69, 9.17) is 4.74 Å². The van der Waals surface area contributed by atoms with Crippen LogP contribution in [0.1, 0.15) is 11.1 Å². The molecular weight excluding hydrogens is 250 g/mol. The third-order valence-electron chi connectivity index (χ3n) is 3.40. The second kappa shape index (κ2) is 5.75. The van der Waals surface area contributed by atoms with Crippen LogP contribution in [0.3, 0.4) is 0 Å². The summed E-state index contributed by atoms with van der Waals surface area (Å²) >= 11 is 0. The molecule has 3 rings (SSSR count). The Morgan fingerprint density at radius 3 is 2.85 bits per heavy atom. The van der Waals surface area contributed by atoms with E-state index in [1.54, 1.807) is 7.11 Å². The zero-order valence-electron chi connectivity index (χ0n) is 11.4. The molecule has 0 saturated carbocycles. The molecule has 0 radical (unpaired) electrons. The second-order valence-corrected chi connectivity index (χ2v) is 4.68. The molecule has 0 saturated heterocycles. The fraction of sp³-hybridized carbons (Fsp3) is 0.188. The van der Waals surface area contributed by atoms with E-state index < -0.39 is 0 Å². The highest BCUT2D eigenvalue weighted by molar-refractivity contribution is 5.87. The van der Waals surface area contributed by atoms with Gasteiger partial charge in [-0.2, -0.15) is 5.10 Å². The first kappa shape index (κ1) is 12.7. The van der Waals surface area contributed by atoms with Crippen LogP contribution in [0.2, 0.25) is 0 Å². The van der Waals surface area contributed by atoms with E-state index in [1.165, 1.54) is 16.3 Å². The van der Waals surface area contributed by atoms with Crippen LogP contribution in [-0.4, -0.2) is 17.3 Å². The predicted molar refractivity (Wildman–Crippen MR) is 79.6 cm³/mol. The van der Waals surface area contributed by atoms with Gasteiger partial charge in [0.2, 0.25) is 0 Å². The lowest BCUT2D eigenvalue weighted by Gasteiger charge is -2.12. The third-order valence-corrected chi connectivity index (χ3v) is 3.40. The first-order valence-electron chi connectivity index (χ1n) is 6.61. The van der Waals surface area contributed by atoms with E-state index in [2.05, 4.69) is 45.8 Å². The fourth-order valence-corrected chi connectivity index (χ4v) is 2.40. The highest BCUT2D eigenvalue weighted by atomic mass is 16.5. The van der Waals surface area contributed by atoms with Gasteiger partial charge in [0, 0.05) is 30.4 Å². The summed E-state index contributed by atoms with van der Waals surface area (Å²) in [6, 6.07) is 12.5. The van der Waals surface area contributed by atoms with Gasteiger partial charge in [0.15, 0.2) is 0 Å². The lowest BCUT2D eigenvalue weighted by molar-refractivity contribution is 0.408. The first-order chi connectivity index (χ1) is 9.88. The van der Waals surface area contributed by atoms with Crippen molar-refractivity contribution < 1.29 is 4.74 Å². The summed E-state index contributed by atoms with van der Waals surface area (Å²) in [6.07, 6.45) is 3.72. The molecule has 0 unspecified atom stereocenters. The molecule has 2 aromatic carbocycles. The molecule has 0 aliphatic heterocycles. The van der Waals surface area contributed by atoms with E-state index >= 15 is 0 Å². The van der Waals surface area contributed by atoms with Crippen molar-refractivity contribution in [2.24, 2.45) is 0 Å². The van der Waals surface area contributed by atoms with E-state index in [0.29, 0.717) is 0 Å². The Hall–Kier alpha value is -2.33. The molecule has 0 spiro atoms. The van der Waals surface area contributed by atoms with Gasteiger partial charge in [-0.1, -0.05) is 30.3 Å². The molecule has 0 aliphatic carbocycles. The number of methoxy groups -OCH3 is 1. The summed E-state index contributed by atoms with van der Waals surface area (Å²) in [6.45, 7) is 1.54. The average Bonchev–Trinajstić information content (AvgIpc) is 3.00. The molecule has 2 N–H and O–H groups in total. The Morgan fingerprint density at radius 1 is 1.15 bits per heavy atom. The monoisotopic (exact) mass is 267 g/mol. The summed E-state index contributed by atoms with van der Waals surface area (Å²) in [4.78, 5) is 0. The number of hydrogen-bond acceptors (Lipinski definition) is 3. The number of aromatic amines is 1. The lowest BCUT2D eigenvalue weighted by Crippen LogP contribution is -2.13. The molecule has 1 heterocycles. The molecule has 0 amide bonds. The molecule has 0 fully saturated rings. The Kier molecular flexibility index (Phi) is 3.65. The normalized spacial score (nSPS) is 10.8. The number of aromatic nitrogens is 2. The van der Waals surface area contributed by atoms with Crippen LogP contribution >= 0.6 is 0 Å². The minimum Gasteiger partial charge on any atom is -0.496 e. The topological polar surface area (TPSA) is 49.9 Å². The van der Waals surface area contributed by atoms with Crippen molar-refractivity contribution in [2.45, 2.75) is 13.1 Å². The van der Waals surface area contributed by atoms with Crippen LogP contribution in [0.4, 0.5) is 0 Å². The summed E-state index contributed by atoms with van der Waals surface area (Å²) in [7, 11) is 1.71. The van der Waals surface area contributed by atoms with Gasteiger partial charge in [0.1, 0.15) is 5.75 Å². The minimum atomic E-state index is 0.760. The molecule has 3 aromatic rings. The fourth-order valence-electron chi connectivity index (χ4n) is 2.40. The maximum atomic E-state index is 5.48. The molecule has 0 bridgehead atoms. The van der Waals surface area contributed by atoms with Crippen LogP contribution < -0.4 is 10.1 Å². The van der Waals surface area contributed by atoms with Gasteiger partial charge in [0.25, 0.3) is 0 Å². The largest absolute Gasteiger partial charge is 0.496 e. The molecule has 1 aromatic heterocycles. The van der Waals surface area contributed by atoms with Crippen LogP contribution in [0, 0.1) is 0 Å². The highest BCUT2D eigenvalue weighted by Crippen LogP contribution is 2.27. The molecule has 20 heavy (non-hydrogen) atoms. The number of hydrogen-bond donors (Lipinski definition) is 2.